The second-order valence-electron chi connectivity index (χ2n) is 8.51. The molecule has 0 bridgehead atoms. The van der Waals surface area contributed by atoms with Crippen molar-refractivity contribution in [3.05, 3.63) is 71.4 Å². The summed E-state index contributed by atoms with van der Waals surface area (Å²) in [5.74, 6) is 0.209. The third-order valence-corrected chi connectivity index (χ3v) is 6.84. The van der Waals surface area contributed by atoms with E-state index in [9.17, 15) is 15.0 Å². The number of aromatic carboxylic acids is 1. The molecule has 0 unspecified atom stereocenters. The Morgan fingerprint density at radius 2 is 1.79 bits per heavy atom. The molecule has 2 heterocycles. The number of anilines is 3. The Kier molecular flexibility index (Phi) is 6.37. The van der Waals surface area contributed by atoms with Crippen LogP contribution in [0.25, 0.3) is 10.2 Å². The fraction of sp³-hybridized carbons (Fsp3) is 0.280. The molecule has 1 saturated carbocycles. The molecule has 0 radical (unpaired) electrons. The topological polar surface area (TPSA) is 120 Å². The quantitative estimate of drug-likeness (QED) is 0.300. The van der Waals surface area contributed by atoms with E-state index in [2.05, 4.69) is 32.7 Å². The number of aromatic nitrogens is 3. The highest BCUT2D eigenvalue weighted by atomic mass is 32.1. The van der Waals surface area contributed by atoms with Gasteiger partial charge in [0.1, 0.15) is 5.82 Å². The van der Waals surface area contributed by atoms with Crippen LogP contribution in [0.1, 0.15) is 47.3 Å². The molecule has 4 N–H and O–H groups in total. The van der Waals surface area contributed by atoms with Gasteiger partial charge in [0.25, 0.3) is 0 Å². The van der Waals surface area contributed by atoms with Gasteiger partial charge in [0, 0.05) is 18.5 Å². The van der Waals surface area contributed by atoms with Crippen LogP contribution >= 0.6 is 11.3 Å². The van der Waals surface area contributed by atoms with Crippen LogP contribution in [0.3, 0.4) is 0 Å². The van der Waals surface area contributed by atoms with Crippen LogP contribution in [0.2, 0.25) is 0 Å². The van der Waals surface area contributed by atoms with Gasteiger partial charge in [-0.3, -0.25) is 0 Å². The Bertz CT molecular complexity index is 1300. The van der Waals surface area contributed by atoms with Crippen LogP contribution in [-0.2, 0) is 6.42 Å². The molecule has 0 amide bonds. The highest BCUT2D eigenvalue weighted by Crippen LogP contribution is 2.30. The van der Waals surface area contributed by atoms with Crippen LogP contribution in [0.5, 0.6) is 0 Å². The summed E-state index contributed by atoms with van der Waals surface area (Å²) in [4.78, 5) is 25.3. The third-order valence-electron chi connectivity index (χ3n) is 5.91. The summed E-state index contributed by atoms with van der Waals surface area (Å²) in [6, 6.07) is 17.2. The fourth-order valence-electron chi connectivity index (χ4n) is 4.15. The molecule has 0 aliphatic heterocycles. The molecular formula is C25H25N5O3S. The van der Waals surface area contributed by atoms with Crippen LogP contribution in [0.4, 0.5) is 16.9 Å². The van der Waals surface area contributed by atoms with Gasteiger partial charge in [0.2, 0.25) is 5.95 Å². The molecule has 34 heavy (non-hydrogen) atoms. The third kappa shape index (κ3) is 5.32. The zero-order chi connectivity index (χ0) is 23.5. The fourth-order valence-corrected chi connectivity index (χ4v) is 5.06. The Morgan fingerprint density at radius 3 is 2.56 bits per heavy atom. The van der Waals surface area contributed by atoms with Crippen LogP contribution < -0.4 is 10.6 Å². The number of rotatable bonds is 7. The summed E-state index contributed by atoms with van der Waals surface area (Å²) in [7, 11) is 0. The molecule has 8 nitrogen and oxygen atoms in total. The van der Waals surface area contributed by atoms with Crippen molar-refractivity contribution in [1.29, 1.82) is 0 Å². The molecule has 1 aliphatic carbocycles. The van der Waals surface area contributed by atoms with E-state index < -0.39 is 5.97 Å². The average Bonchev–Trinajstić information content (AvgIpc) is 3.22. The zero-order valence-electron chi connectivity index (χ0n) is 18.4. The van der Waals surface area contributed by atoms with Gasteiger partial charge in [-0.25, -0.2) is 14.8 Å². The Morgan fingerprint density at radius 1 is 1.00 bits per heavy atom. The maximum atomic E-state index is 11.3. The minimum Gasteiger partial charge on any atom is -0.478 e. The number of hydrogen-bond donors (Lipinski definition) is 4. The van der Waals surface area contributed by atoms with Gasteiger partial charge in [-0.15, -0.1) is 0 Å². The SMILES string of the molecule is O=C(O)c1ccc2nc(Nc3cc(Cc4ccccc4)nc(N[C@H]4CC[C@H](O)CC4)n3)sc2c1. The summed E-state index contributed by atoms with van der Waals surface area (Å²) in [5.41, 5.74) is 2.99. The Hall–Kier alpha value is -3.56. The van der Waals surface area contributed by atoms with Gasteiger partial charge in [-0.05, 0) is 49.4 Å². The lowest BCUT2D eigenvalue weighted by atomic mass is 9.93. The van der Waals surface area contributed by atoms with Crippen molar-refractivity contribution < 1.29 is 15.0 Å². The number of aliphatic hydroxyl groups is 1. The zero-order valence-corrected chi connectivity index (χ0v) is 19.3. The lowest BCUT2D eigenvalue weighted by molar-refractivity contribution is 0.0697. The number of nitrogens with zero attached hydrogens (tertiary/aromatic N) is 3. The van der Waals surface area contributed by atoms with Gasteiger partial charge >= 0.3 is 5.97 Å². The predicted octanol–water partition coefficient (Wildman–Crippen LogP) is 4.83. The monoisotopic (exact) mass is 475 g/mol. The first-order valence-electron chi connectivity index (χ1n) is 11.3. The molecule has 174 valence electrons. The summed E-state index contributed by atoms with van der Waals surface area (Å²) in [6.07, 6.45) is 3.74. The summed E-state index contributed by atoms with van der Waals surface area (Å²) < 4.78 is 0.792. The maximum absolute atomic E-state index is 11.3. The second-order valence-corrected chi connectivity index (χ2v) is 9.54. The molecule has 0 spiro atoms. The predicted molar refractivity (Wildman–Crippen MR) is 133 cm³/mol. The standard InChI is InChI=1S/C25H25N5O3S/c31-19-9-7-17(8-10-19)26-24-27-18(12-15-4-2-1-3-5-15)14-22(29-24)30-25-28-20-11-6-16(23(32)33)13-21(20)34-25/h1-6,11,13-14,17,19,31H,7-10,12H2,(H,32,33)(H2,26,27,28,29,30)/t17-,19-. The number of thiazole rings is 1. The number of benzene rings is 2. The molecule has 2 aromatic heterocycles. The average molecular weight is 476 g/mol. The van der Waals surface area contributed by atoms with Gasteiger partial charge in [0.15, 0.2) is 5.13 Å². The molecule has 0 atom stereocenters. The first kappa shape index (κ1) is 22.2. The minimum atomic E-state index is -0.961. The van der Waals surface area contributed by atoms with E-state index in [1.165, 1.54) is 11.3 Å². The van der Waals surface area contributed by atoms with Crippen molar-refractivity contribution in [3.8, 4) is 0 Å². The molecule has 1 fully saturated rings. The van der Waals surface area contributed by atoms with Crippen LogP contribution in [0.15, 0.2) is 54.6 Å². The van der Waals surface area contributed by atoms with Crippen molar-refractivity contribution in [2.45, 2.75) is 44.2 Å². The lowest BCUT2D eigenvalue weighted by Gasteiger charge is -2.26. The van der Waals surface area contributed by atoms with Crippen molar-refractivity contribution in [1.82, 2.24) is 15.0 Å². The van der Waals surface area contributed by atoms with E-state index in [-0.39, 0.29) is 17.7 Å². The van der Waals surface area contributed by atoms with E-state index >= 15 is 0 Å². The van der Waals surface area contributed by atoms with Gasteiger partial charge in [-0.2, -0.15) is 4.98 Å². The van der Waals surface area contributed by atoms with E-state index in [0.29, 0.717) is 23.3 Å². The minimum absolute atomic E-state index is 0.221. The molecule has 5 rings (SSSR count). The number of fused-ring (bicyclic) bond motifs is 1. The smallest absolute Gasteiger partial charge is 0.335 e. The van der Waals surface area contributed by atoms with Gasteiger partial charge in [-0.1, -0.05) is 41.7 Å². The maximum Gasteiger partial charge on any atom is 0.335 e. The van der Waals surface area contributed by atoms with Crippen molar-refractivity contribution in [2.75, 3.05) is 10.6 Å². The van der Waals surface area contributed by atoms with Crippen molar-refractivity contribution in [2.24, 2.45) is 0 Å². The highest BCUT2D eigenvalue weighted by Gasteiger charge is 2.20. The first-order valence-corrected chi connectivity index (χ1v) is 12.1. The molecule has 2 aromatic carbocycles. The first-order chi connectivity index (χ1) is 16.5. The highest BCUT2D eigenvalue weighted by molar-refractivity contribution is 7.22. The molecule has 1 aliphatic rings. The van der Waals surface area contributed by atoms with Crippen LogP contribution in [-0.4, -0.2) is 43.3 Å². The number of hydrogen-bond acceptors (Lipinski definition) is 8. The molecule has 9 heteroatoms. The summed E-state index contributed by atoms with van der Waals surface area (Å²) in [6.45, 7) is 0. The second kappa shape index (κ2) is 9.74. The van der Waals surface area contributed by atoms with Crippen LogP contribution in [0, 0.1) is 0 Å². The van der Waals surface area contributed by atoms with Crippen molar-refractivity contribution in [3.63, 3.8) is 0 Å². The summed E-state index contributed by atoms with van der Waals surface area (Å²) in [5, 5.41) is 26.4. The number of carboxylic acids is 1. The van der Waals surface area contributed by atoms with E-state index in [1.807, 2.05) is 24.3 Å². The molecular weight excluding hydrogens is 450 g/mol. The molecule has 0 saturated heterocycles. The lowest BCUT2D eigenvalue weighted by Crippen LogP contribution is -2.29. The van der Waals surface area contributed by atoms with E-state index in [1.54, 1.807) is 18.2 Å². The number of carboxylic acid groups (broad SMARTS) is 1. The largest absolute Gasteiger partial charge is 0.478 e. The number of aliphatic hydroxyl groups excluding tert-OH is 1. The number of carbonyl (C=O) groups is 1. The summed E-state index contributed by atoms with van der Waals surface area (Å²) >= 11 is 1.38. The van der Waals surface area contributed by atoms with Gasteiger partial charge < -0.3 is 20.8 Å². The Balaban J connectivity index is 1.42. The van der Waals surface area contributed by atoms with Crippen molar-refractivity contribution >= 4 is 44.4 Å². The molecule has 4 aromatic rings. The van der Waals surface area contributed by atoms with E-state index in [4.69, 9.17) is 4.98 Å². The van der Waals surface area contributed by atoms with Gasteiger partial charge in [0.05, 0.1) is 27.6 Å². The number of nitrogens with one attached hydrogen (secondary N) is 2. The Labute approximate surface area is 200 Å². The van der Waals surface area contributed by atoms with E-state index in [0.717, 1.165) is 47.2 Å². The normalized spacial score (nSPS) is 18.0.